The highest BCUT2D eigenvalue weighted by Gasteiger charge is 2.29. The summed E-state index contributed by atoms with van der Waals surface area (Å²) < 4.78 is 3.48. The van der Waals surface area contributed by atoms with Gasteiger partial charge in [0.1, 0.15) is 5.82 Å². The fourth-order valence-electron chi connectivity index (χ4n) is 3.36. The van der Waals surface area contributed by atoms with Crippen LogP contribution in [0.25, 0.3) is 11.0 Å². The van der Waals surface area contributed by atoms with Gasteiger partial charge in [0.2, 0.25) is 0 Å². The first-order valence-electron chi connectivity index (χ1n) is 7.59. The molecule has 1 aromatic heterocycles. The number of imidazole rings is 1. The minimum absolute atomic E-state index is 0.101. The third kappa shape index (κ3) is 2.77. The van der Waals surface area contributed by atoms with E-state index in [0.29, 0.717) is 12.1 Å². The van der Waals surface area contributed by atoms with Crippen molar-refractivity contribution in [1.29, 1.82) is 0 Å². The largest absolute Gasteiger partial charge is 0.305 e. The lowest BCUT2D eigenvalue weighted by atomic mass is 10.00. The molecule has 0 amide bonds. The van der Waals surface area contributed by atoms with Gasteiger partial charge in [0.25, 0.3) is 0 Å². The molecule has 21 heavy (non-hydrogen) atoms. The number of benzene rings is 1. The molecule has 0 bridgehead atoms. The fourth-order valence-corrected chi connectivity index (χ4v) is 3.98. The standard InChI is InChI=1S/C16H21ClIN3/c1-10-5-4-6-11(2)20(10)21-15-8-7-13(18)9-14(15)19-16(21)12(3)17/h7-12H,4-6H2,1-3H3. The van der Waals surface area contributed by atoms with Gasteiger partial charge in [-0.3, -0.25) is 0 Å². The van der Waals surface area contributed by atoms with Crippen LogP contribution in [0.5, 0.6) is 0 Å². The molecule has 2 aromatic rings. The maximum absolute atomic E-state index is 6.42. The van der Waals surface area contributed by atoms with Crippen molar-refractivity contribution < 1.29 is 0 Å². The van der Waals surface area contributed by atoms with Gasteiger partial charge >= 0.3 is 0 Å². The zero-order chi connectivity index (χ0) is 15.1. The number of rotatable bonds is 2. The summed E-state index contributed by atoms with van der Waals surface area (Å²) in [7, 11) is 0. The normalized spacial score (nSPS) is 24.5. The molecule has 5 heteroatoms. The van der Waals surface area contributed by atoms with Gasteiger partial charge < -0.3 is 5.01 Å². The van der Waals surface area contributed by atoms with Gasteiger partial charge in [0, 0.05) is 15.7 Å². The Balaban J connectivity index is 2.21. The van der Waals surface area contributed by atoms with E-state index in [4.69, 9.17) is 16.6 Å². The van der Waals surface area contributed by atoms with Crippen molar-refractivity contribution in [3.8, 4) is 0 Å². The third-order valence-electron chi connectivity index (χ3n) is 4.35. The van der Waals surface area contributed by atoms with Crippen molar-refractivity contribution in [3.05, 3.63) is 27.6 Å². The maximum Gasteiger partial charge on any atom is 0.146 e. The average Bonchev–Trinajstić information content (AvgIpc) is 2.77. The number of nitrogens with zero attached hydrogens (tertiary/aromatic N) is 3. The van der Waals surface area contributed by atoms with Crippen LogP contribution in [0.4, 0.5) is 0 Å². The molecule has 3 atom stereocenters. The zero-order valence-electron chi connectivity index (χ0n) is 12.7. The lowest BCUT2D eigenvalue weighted by molar-refractivity contribution is 0.335. The average molecular weight is 418 g/mol. The number of hydrogen-bond acceptors (Lipinski definition) is 2. The molecule has 0 N–H and O–H groups in total. The summed E-state index contributed by atoms with van der Waals surface area (Å²) in [5, 5.41) is 2.37. The topological polar surface area (TPSA) is 21.1 Å². The number of aromatic nitrogens is 2. The Bertz CT molecular complexity index is 642. The number of halogens is 2. The predicted molar refractivity (Wildman–Crippen MR) is 97.7 cm³/mol. The third-order valence-corrected chi connectivity index (χ3v) is 5.22. The van der Waals surface area contributed by atoms with Crippen LogP contribution in [0.3, 0.4) is 0 Å². The number of hydrogen-bond donors (Lipinski definition) is 0. The van der Waals surface area contributed by atoms with E-state index >= 15 is 0 Å². The Hall–Kier alpha value is -0.490. The van der Waals surface area contributed by atoms with E-state index in [1.165, 1.54) is 28.3 Å². The highest BCUT2D eigenvalue weighted by atomic mass is 127. The van der Waals surface area contributed by atoms with Crippen LogP contribution >= 0.6 is 34.2 Å². The second-order valence-electron chi connectivity index (χ2n) is 6.04. The molecule has 0 spiro atoms. The molecule has 0 saturated carbocycles. The van der Waals surface area contributed by atoms with Crippen LogP contribution in [0.15, 0.2) is 18.2 Å². The van der Waals surface area contributed by atoms with Crippen LogP contribution in [0.2, 0.25) is 0 Å². The van der Waals surface area contributed by atoms with E-state index in [2.05, 4.69) is 64.3 Å². The van der Waals surface area contributed by atoms with Gasteiger partial charge in [-0.15, -0.1) is 11.6 Å². The van der Waals surface area contributed by atoms with Gasteiger partial charge in [-0.05, 0) is 80.8 Å². The molecule has 3 unspecified atom stereocenters. The zero-order valence-corrected chi connectivity index (χ0v) is 15.6. The van der Waals surface area contributed by atoms with Crippen molar-refractivity contribution in [1.82, 2.24) is 9.66 Å². The van der Waals surface area contributed by atoms with Crippen LogP contribution in [0.1, 0.15) is 51.2 Å². The Morgan fingerprint density at radius 3 is 2.57 bits per heavy atom. The summed E-state index contributed by atoms with van der Waals surface area (Å²) in [4.78, 5) is 4.80. The van der Waals surface area contributed by atoms with Gasteiger partial charge in [0.05, 0.1) is 16.4 Å². The lowest BCUT2D eigenvalue weighted by Gasteiger charge is -2.42. The van der Waals surface area contributed by atoms with E-state index < -0.39 is 0 Å². The molecular formula is C16H21ClIN3. The molecule has 3 rings (SSSR count). The van der Waals surface area contributed by atoms with Gasteiger partial charge in [0.15, 0.2) is 0 Å². The van der Waals surface area contributed by atoms with Gasteiger partial charge in [-0.1, -0.05) is 0 Å². The summed E-state index contributed by atoms with van der Waals surface area (Å²) in [5.41, 5.74) is 2.20. The molecule has 1 aliphatic rings. The van der Waals surface area contributed by atoms with Crippen LogP contribution < -0.4 is 5.01 Å². The Morgan fingerprint density at radius 1 is 1.29 bits per heavy atom. The van der Waals surface area contributed by atoms with Crippen molar-refractivity contribution in [2.24, 2.45) is 0 Å². The number of fused-ring (bicyclic) bond motifs is 1. The van der Waals surface area contributed by atoms with Crippen molar-refractivity contribution in [2.45, 2.75) is 57.5 Å². The second-order valence-corrected chi connectivity index (χ2v) is 7.94. The predicted octanol–water partition coefficient (Wildman–Crippen LogP) is 4.84. The first-order chi connectivity index (χ1) is 9.99. The summed E-state index contributed by atoms with van der Waals surface area (Å²) in [6.07, 6.45) is 3.75. The molecule has 1 saturated heterocycles. The minimum Gasteiger partial charge on any atom is -0.305 e. The van der Waals surface area contributed by atoms with E-state index in [-0.39, 0.29) is 5.38 Å². The summed E-state index contributed by atoms with van der Waals surface area (Å²) in [5.74, 6) is 0.953. The Morgan fingerprint density at radius 2 is 1.95 bits per heavy atom. The highest BCUT2D eigenvalue weighted by Crippen LogP contribution is 2.30. The van der Waals surface area contributed by atoms with Crippen LogP contribution in [-0.4, -0.2) is 21.7 Å². The molecule has 1 aliphatic heterocycles. The quantitative estimate of drug-likeness (QED) is 0.515. The minimum atomic E-state index is -0.101. The smallest absolute Gasteiger partial charge is 0.146 e. The summed E-state index contributed by atoms with van der Waals surface area (Å²) in [6.45, 7) is 6.61. The van der Waals surface area contributed by atoms with Crippen LogP contribution in [0, 0.1) is 3.57 Å². The molecule has 2 heterocycles. The Labute approximate surface area is 144 Å². The van der Waals surface area contributed by atoms with Crippen LogP contribution in [-0.2, 0) is 0 Å². The van der Waals surface area contributed by atoms with Crippen molar-refractivity contribution >= 4 is 45.2 Å². The lowest BCUT2D eigenvalue weighted by Crippen LogP contribution is -2.51. The number of piperidine rings is 1. The van der Waals surface area contributed by atoms with Crippen molar-refractivity contribution in [3.63, 3.8) is 0 Å². The SMILES string of the molecule is CC(Cl)c1nc2cc(I)ccc2n1N1C(C)CCCC1C. The van der Waals surface area contributed by atoms with E-state index in [1.807, 2.05) is 6.92 Å². The molecule has 3 nitrogen and oxygen atoms in total. The Kier molecular flexibility index (Phi) is 4.37. The number of alkyl halides is 1. The highest BCUT2D eigenvalue weighted by molar-refractivity contribution is 14.1. The van der Waals surface area contributed by atoms with Gasteiger partial charge in [-0.25, -0.2) is 9.66 Å². The molecule has 0 aliphatic carbocycles. The molecule has 1 fully saturated rings. The molecule has 0 radical (unpaired) electrons. The first-order valence-corrected chi connectivity index (χ1v) is 9.11. The maximum atomic E-state index is 6.42. The van der Waals surface area contributed by atoms with Gasteiger partial charge in [-0.2, -0.15) is 0 Å². The molecule has 1 aromatic carbocycles. The summed E-state index contributed by atoms with van der Waals surface area (Å²) in [6, 6.07) is 7.47. The molecule has 114 valence electrons. The molecular weight excluding hydrogens is 397 g/mol. The monoisotopic (exact) mass is 417 g/mol. The van der Waals surface area contributed by atoms with E-state index in [9.17, 15) is 0 Å². The second kappa shape index (κ2) is 5.95. The fraction of sp³-hybridized carbons (Fsp3) is 0.562. The first kappa shape index (κ1) is 15.4. The van der Waals surface area contributed by atoms with Crippen molar-refractivity contribution in [2.75, 3.05) is 5.01 Å². The van der Waals surface area contributed by atoms with E-state index in [1.54, 1.807) is 0 Å². The summed E-state index contributed by atoms with van der Waals surface area (Å²) >= 11 is 8.76. The van der Waals surface area contributed by atoms with E-state index in [0.717, 1.165) is 11.3 Å².